The number of halogens is 2. The zero-order valence-corrected chi connectivity index (χ0v) is 11.9. The molecule has 0 unspecified atom stereocenters. The molecule has 3 rings (SSSR count). The van der Waals surface area contributed by atoms with E-state index in [1.54, 1.807) is 0 Å². The summed E-state index contributed by atoms with van der Waals surface area (Å²) in [4.78, 5) is 11.1. The summed E-state index contributed by atoms with van der Waals surface area (Å²) in [6.07, 6.45) is 1.81. The lowest BCUT2D eigenvalue weighted by atomic mass is 10.2. The van der Waals surface area contributed by atoms with E-state index in [0.29, 0.717) is 5.02 Å². The number of aromatic nitrogens is 2. The van der Waals surface area contributed by atoms with E-state index in [9.17, 15) is 0 Å². The molecule has 4 nitrogen and oxygen atoms in total. The van der Waals surface area contributed by atoms with Gasteiger partial charge in [-0.15, -0.1) is 0 Å². The van der Waals surface area contributed by atoms with Crippen LogP contribution in [-0.4, -0.2) is 36.3 Å². The molecule has 1 aliphatic heterocycles. The summed E-state index contributed by atoms with van der Waals surface area (Å²) >= 11 is 9.62. The van der Waals surface area contributed by atoms with Gasteiger partial charge in [-0.1, -0.05) is 27.5 Å². The van der Waals surface area contributed by atoms with Crippen molar-refractivity contribution in [2.24, 2.45) is 0 Å². The maximum atomic E-state index is 6.21. The molecule has 1 fully saturated rings. The maximum Gasteiger partial charge on any atom is 0.226 e. The van der Waals surface area contributed by atoms with E-state index in [1.165, 1.54) is 0 Å². The molecule has 2 heterocycles. The van der Waals surface area contributed by atoms with E-state index in [-0.39, 0.29) is 0 Å². The van der Waals surface area contributed by atoms with Gasteiger partial charge < -0.3 is 9.64 Å². The molecule has 1 aromatic carbocycles. The highest BCUT2D eigenvalue weighted by Gasteiger charge is 2.14. The Morgan fingerprint density at radius 1 is 1.28 bits per heavy atom. The molecular weight excluding hydrogens is 318 g/mol. The average molecular weight is 329 g/mol. The predicted octanol–water partition coefficient (Wildman–Crippen LogP) is 2.88. The molecule has 1 aliphatic rings. The van der Waals surface area contributed by atoms with Gasteiger partial charge in [-0.25, -0.2) is 9.97 Å². The molecule has 1 aromatic heterocycles. The smallest absolute Gasteiger partial charge is 0.226 e. The van der Waals surface area contributed by atoms with Gasteiger partial charge in [-0.05, 0) is 12.1 Å². The zero-order chi connectivity index (χ0) is 12.5. The minimum atomic E-state index is 0.635. The number of ether oxygens (including phenoxy) is 1. The van der Waals surface area contributed by atoms with Crippen LogP contribution in [0.1, 0.15) is 0 Å². The van der Waals surface area contributed by atoms with E-state index in [4.69, 9.17) is 16.3 Å². The van der Waals surface area contributed by atoms with Crippen LogP contribution in [0.15, 0.2) is 22.8 Å². The van der Waals surface area contributed by atoms with Crippen LogP contribution < -0.4 is 4.90 Å². The highest BCUT2D eigenvalue weighted by molar-refractivity contribution is 9.10. The third kappa shape index (κ3) is 2.30. The Balaban J connectivity index is 2.04. The minimum Gasteiger partial charge on any atom is -0.378 e. The fraction of sp³-hybridized carbons (Fsp3) is 0.333. The number of nitrogens with zero attached hydrogens (tertiary/aromatic N) is 3. The number of hydrogen-bond donors (Lipinski definition) is 0. The van der Waals surface area contributed by atoms with Crippen molar-refractivity contribution in [3.8, 4) is 0 Å². The van der Waals surface area contributed by atoms with Crippen molar-refractivity contribution in [1.29, 1.82) is 0 Å². The summed E-state index contributed by atoms with van der Waals surface area (Å²) in [5, 5.41) is 1.57. The lowest BCUT2D eigenvalue weighted by Gasteiger charge is -2.26. The molecule has 18 heavy (non-hydrogen) atoms. The van der Waals surface area contributed by atoms with Gasteiger partial charge in [0.25, 0.3) is 0 Å². The molecule has 0 saturated carbocycles. The molecule has 6 heteroatoms. The number of rotatable bonds is 1. The summed E-state index contributed by atoms with van der Waals surface area (Å²) < 4.78 is 6.25. The van der Waals surface area contributed by atoms with Gasteiger partial charge in [0.15, 0.2) is 0 Å². The van der Waals surface area contributed by atoms with Crippen LogP contribution >= 0.6 is 27.5 Å². The summed E-state index contributed by atoms with van der Waals surface area (Å²) in [7, 11) is 0. The SMILES string of the molecule is Clc1cc(Br)cc2cnc(N3CCOCC3)nc12. The van der Waals surface area contributed by atoms with Gasteiger partial charge in [0.2, 0.25) is 5.95 Å². The van der Waals surface area contributed by atoms with Crippen LogP contribution in [0.5, 0.6) is 0 Å². The number of morpholine rings is 1. The van der Waals surface area contributed by atoms with Crippen LogP contribution in [0.25, 0.3) is 10.9 Å². The zero-order valence-electron chi connectivity index (χ0n) is 9.57. The van der Waals surface area contributed by atoms with Crippen molar-refractivity contribution >= 4 is 44.4 Å². The Bertz CT molecular complexity index is 587. The average Bonchev–Trinajstić information content (AvgIpc) is 2.39. The van der Waals surface area contributed by atoms with Crippen LogP contribution in [0, 0.1) is 0 Å². The first kappa shape index (κ1) is 12.1. The van der Waals surface area contributed by atoms with E-state index in [2.05, 4.69) is 30.8 Å². The second-order valence-corrected chi connectivity index (χ2v) is 5.42. The van der Waals surface area contributed by atoms with Gasteiger partial charge in [-0.3, -0.25) is 0 Å². The van der Waals surface area contributed by atoms with Crippen molar-refractivity contribution in [2.75, 3.05) is 31.2 Å². The van der Waals surface area contributed by atoms with E-state index >= 15 is 0 Å². The third-order valence-corrected chi connectivity index (χ3v) is 3.63. The van der Waals surface area contributed by atoms with E-state index in [1.807, 2.05) is 18.3 Å². The molecule has 0 radical (unpaired) electrons. The molecule has 0 spiro atoms. The van der Waals surface area contributed by atoms with Gasteiger partial charge in [0.1, 0.15) is 0 Å². The Morgan fingerprint density at radius 2 is 2.06 bits per heavy atom. The molecule has 0 aliphatic carbocycles. The number of fused-ring (bicyclic) bond motifs is 1. The van der Waals surface area contributed by atoms with Gasteiger partial charge in [0.05, 0.1) is 23.8 Å². The largest absolute Gasteiger partial charge is 0.378 e. The third-order valence-electron chi connectivity index (χ3n) is 2.88. The highest BCUT2D eigenvalue weighted by atomic mass is 79.9. The number of benzene rings is 1. The lowest BCUT2D eigenvalue weighted by molar-refractivity contribution is 0.122. The molecular formula is C12H11BrClN3O. The van der Waals surface area contributed by atoms with Gasteiger partial charge in [0, 0.05) is 29.1 Å². The predicted molar refractivity (Wildman–Crippen MR) is 75.3 cm³/mol. The fourth-order valence-electron chi connectivity index (χ4n) is 1.97. The summed E-state index contributed by atoms with van der Waals surface area (Å²) in [5.41, 5.74) is 0.788. The molecule has 2 aromatic rings. The van der Waals surface area contributed by atoms with Gasteiger partial charge in [-0.2, -0.15) is 0 Å². The van der Waals surface area contributed by atoms with Crippen LogP contribution in [0.2, 0.25) is 5.02 Å². The first-order valence-electron chi connectivity index (χ1n) is 5.68. The second-order valence-electron chi connectivity index (χ2n) is 4.09. The Hall–Kier alpha value is -0.910. The van der Waals surface area contributed by atoms with E-state index in [0.717, 1.165) is 47.6 Å². The number of hydrogen-bond acceptors (Lipinski definition) is 4. The van der Waals surface area contributed by atoms with Crippen molar-refractivity contribution in [1.82, 2.24) is 9.97 Å². The maximum absolute atomic E-state index is 6.21. The Morgan fingerprint density at radius 3 is 2.83 bits per heavy atom. The minimum absolute atomic E-state index is 0.635. The first-order valence-corrected chi connectivity index (χ1v) is 6.85. The fourth-order valence-corrected chi connectivity index (χ4v) is 2.85. The van der Waals surface area contributed by atoms with Crippen molar-refractivity contribution in [3.63, 3.8) is 0 Å². The summed E-state index contributed by atoms with van der Waals surface area (Å²) in [6.45, 7) is 3.07. The van der Waals surface area contributed by atoms with Crippen LogP contribution in [0.4, 0.5) is 5.95 Å². The van der Waals surface area contributed by atoms with Crippen molar-refractivity contribution in [2.45, 2.75) is 0 Å². The molecule has 94 valence electrons. The standard InChI is InChI=1S/C12H11BrClN3O/c13-9-5-8-7-15-12(16-11(8)10(14)6-9)17-1-3-18-4-2-17/h5-7H,1-4H2. The molecule has 1 saturated heterocycles. The topological polar surface area (TPSA) is 38.2 Å². The number of anilines is 1. The molecule has 0 N–H and O–H groups in total. The first-order chi connectivity index (χ1) is 8.74. The lowest BCUT2D eigenvalue weighted by Crippen LogP contribution is -2.37. The monoisotopic (exact) mass is 327 g/mol. The Labute approximate surface area is 118 Å². The summed E-state index contributed by atoms with van der Waals surface area (Å²) in [5.74, 6) is 0.718. The Kier molecular flexibility index (Phi) is 3.37. The van der Waals surface area contributed by atoms with Gasteiger partial charge >= 0.3 is 0 Å². The highest BCUT2D eigenvalue weighted by Crippen LogP contribution is 2.27. The van der Waals surface area contributed by atoms with Crippen molar-refractivity contribution in [3.05, 3.63) is 27.8 Å². The normalized spacial score (nSPS) is 16.2. The van der Waals surface area contributed by atoms with Crippen molar-refractivity contribution < 1.29 is 4.74 Å². The van der Waals surface area contributed by atoms with E-state index < -0.39 is 0 Å². The van der Waals surface area contributed by atoms with Crippen LogP contribution in [-0.2, 0) is 4.74 Å². The molecule has 0 atom stereocenters. The second kappa shape index (κ2) is 4.99. The molecule has 0 bridgehead atoms. The van der Waals surface area contributed by atoms with Crippen LogP contribution in [0.3, 0.4) is 0 Å². The molecule has 0 amide bonds. The summed E-state index contributed by atoms with van der Waals surface area (Å²) in [6, 6.07) is 3.81. The quantitative estimate of drug-likeness (QED) is 0.807.